The first-order valence-electron chi connectivity index (χ1n) is 5.34. The molecule has 1 N–H and O–H groups in total. The number of H-pyrrole nitrogens is 1. The fourth-order valence-corrected chi connectivity index (χ4v) is 1.96. The predicted octanol–water partition coefficient (Wildman–Crippen LogP) is 2.44. The standard InChI is InChI=1S/C11H10BrN5/c1-2-9-14-15-11-13-10(16-17(9)11)7-3-5-8(12)6-4-7/h3-6H,2H2,1H3,(H,13,15,16). The monoisotopic (exact) mass is 291 g/mol. The van der Waals surface area contributed by atoms with Gasteiger partial charge in [0, 0.05) is 16.5 Å². The lowest BCUT2D eigenvalue weighted by atomic mass is 10.2. The third-order valence-corrected chi connectivity index (χ3v) is 3.11. The van der Waals surface area contributed by atoms with Crippen molar-refractivity contribution < 1.29 is 0 Å². The average Bonchev–Trinajstić information content (AvgIpc) is 2.89. The molecule has 3 aromatic rings. The highest BCUT2D eigenvalue weighted by Crippen LogP contribution is 2.19. The van der Waals surface area contributed by atoms with Crippen LogP contribution in [0.5, 0.6) is 0 Å². The van der Waals surface area contributed by atoms with E-state index in [9.17, 15) is 0 Å². The largest absolute Gasteiger partial charge is 0.272 e. The number of halogens is 1. The average molecular weight is 292 g/mol. The van der Waals surface area contributed by atoms with E-state index in [2.05, 4.69) is 36.2 Å². The second-order valence-electron chi connectivity index (χ2n) is 3.68. The Morgan fingerprint density at radius 3 is 2.71 bits per heavy atom. The number of nitrogens with one attached hydrogen (secondary N) is 1. The molecule has 2 heterocycles. The molecule has 0 saturated heterocycles. The molecule has 0 atom stereocenters. The number of aromatic nitrogens is 5. The van der Waals surface area contributed by atoms with Gasteiger partial charge < -0.3 is 0 Å². The van der Waals surface area contributed by atoms with Gasteiger partial charge in [0.05, 0.1) is 0 Å². The van der Waals surface area contributed by atoms with Gasteiger partial charge in [0.1, 0.15) is 0 Å². The molecule has 0 amide bonds. The summed E-state index contributed by atoms with van der Waals surface area (Å²) in [5, 5.41) is 11.2. The highest BCUT2D eigenvalue weighted by atomic mass is 79.9. The van der Waals surface area contributed by atoms with Gasteiger partial charge in [-0.1, -0.05) is 35.0 Å². The van der Waals surface area contributed by atoms with Crippen LogP contribution in [0.15, 0.2) is 28.7 Å². The SMILES string of the molecule is CCc1nnc2nc(-c3ccc(Br)cc3)[nH]n12. The van der Waals surface area contributed by atoms with E-state index in [1.807, 2.05) is 35.7 Å². The van der Waals surface area contributed by atoms with Crippen LogP contribution in [0.4, 0.5) is 0 Å². The Kier molecular flexibility index (Phi) is 2.44. The Bertz CT molecular complexity index is 652. The molecule has 3 rings (SSSR count). The lowest BCUT2D eigenvalue weighted by Crippen LogP contribution is -1.93. The minimum absolute atomic E-state index is 0.611. The van der Waals surface area contributed by atoms with E-state index in [0.29, 0.717) is 5.78 Å². The van der Waals surface area contributed by atoms with Crippen molar-refractivity contribution in [1.29, 1.82) is 0 Å². The molecule has 1 aromatic carbocycles. The number of hydrogen-bond acceptors (Lipinski definition) is 3. The van der Waals surface area contributed by atoms with Crippen LogP contribution in [0.1, 0.15) is 12.7 Å². The van der Waals surface area contributed by atoms with Crippen molar-refractivity contribution in [3.63, 3.8) is 0 Å². The molecule has 0 bridgehead atoms. The molecule has 0 aliphatic rings. The van der Waals surface area contributed by atoms with Crippen molar-refractivity contribution in [3.8, 4) is 11.4 Å². The number of benzene rings is 1. The molecule has 0 aliphatic carbocycles. The molecule has 0 aliphatic heterocycles. The fraction of sp³-hybridized carbons (Fsp3) is 0.182. The van der Waals surface area contributed by atoms with Crippen LogP contribution in [-0.2, 0) is 6.42 Å². The van der Waals surface area contributed by atoms with Gasteiger partial charge >= 0.3 is 0 Å². The molecule has 0 radical (unpaired) electrons. The van der Waals surface area contributed by atoms with Crippen molar-refractivity contribution >= 4 is 21.7 Å². The summed E-state index contributed by atoms with van der Waals surface area (Å²) in [7, 11) is 0. The molecule has 0 unspecified atom stereocenters. The molecule has 0 spiro atoms. The summed E-state index contributed by atoms with van der Waals surface area (Å²) in [4.78, 5) is 4.40. The smallest absolute Gasteiger partial charge is 0.272 e. The van der Waals surface area contributed by atoms with Gasteiger partial charge in [-0.2, -0.15) is 4.98 Å². The highest BCUT2D eigenvalue weighted by molar-refractivity contribution is 9.10. The van der Waals surface area contributed by atoms with Crippen LogP contribution >= 0.6 is 15.9 Å². The summed E-state index contributed by atoms with van der Waals surface area (Å²) in [6.45, 7) is 2.04. The van der Waals surface area contributed by atoms with Crippen LogP contribution < -0.4 is 0 Å². The van der Waals surface area contributed by atoms with E-state index in [0.717, 1.165) is 28.1 Å². The molecule has 0 fully saturated rings. The zero-order chi connectivity index (χ0) is 11.8. The van der Waals surface area contributed by atoms with Gasteiger partial charge in [0.2, 0.25) is 0 Å². The summed E-state index contributed by atoms with van der Waals surface area (Å²) < 4.78 is 2.87. The highest BCUT2D eigenvalue weighted by Gasteiger charge is 2.10. The van der Waals surface area contributed by atoms with Crippen molar-refractivity contribution in [3.05, 3.63) is 34.6 Å². The summed E-state index contributed by atoms with van der Waals surface area (Å²) in [6, 6.07) is 7.97. The molecule has 86 valence electrons. The van der Waals surface area contributed by atoms with Gasteiger partial charge in [-0.15, -0.1) is 10.2 Å². The van der Waals surface area contributed by atoms with E-state index in [-0.39, 0.29) is 0 Å². The Hall–Kier alpha value is -1.69. The first-order valence-corrected chi connectivity index (χ1v) is 6.13. The maximum atomic E-state index is 4.40. The van der Waals surface area contributed by atoms with E-state index >= 15 is 0 Å². The first kappa shape index (κ1) is 10.5. The minimum Gasteiger partial charge on any atom is -0.272 e. The molecular formula is C11H10BrN5. The Morgan fingerprint density at radius 1 is 1.24 bits per heavy atom. The zero-order valence-electron chi connectivity index (χ0n) is 9.18. The normalized spacial score (nSPS) is 11.2. The second-order valence-corrected chi connectivity index (χ2v) is 4.60. The molecule has 6 heteroatoms. The van der Waals surface area contributed by atoms with Crippen molar-refractivity contribution in [2.45, 2.75) is 13.3 Å². The minimum atomic E-state index is 0.611. The lowest BCUT2D eigenvalue weighted by Gasteiger charge is -1.96. The predicted molar refractivity (Wildman–Crippen MR) is 67.6 cm³/mol. The maximum Gasteiger partial charge on any atom is 0.272 e. The van der Waals surface area contributed by atoms with Gasteiger partial charge in [-0.25, -0.2) is 4.52 Å². The number of nitrogens with zero attached hydrogens (tertiary/aromatic N) is 4. The summed E-state index contributed by atoms with van der Waals surface area (Å²) >= 11 is 3.41. The van der Waals surface area contributed by atoms with Crippen LogP contribution in [0.25, 0.3) is 17.2 Å². The lowest BCUT2D eigenvalue weighted by molar-refractivity contribution is 0.837. The van der Waals surface area contributed by atoms with Gasteiger partial charge in [-0.05, 0) is 12.1 Å². The molecule has 5 nitrogen and oxygen atoms in total. The fourth-order valence-electron chi connectivity index (χ4n) is 1.69. The van der Waals surface area contributed by atoms with Gasteiger partial charge in [0.25, 0.3) is 5.78 Å². The third-order valence-electron chi connectivity index (χ3n) is 2.58. The number of aryl methyl sites for hydroxylation is 1. The molecule has 17 heavy (non-hydrogen) atoms. The number of fused-ring (bicyclic) bond motifs is 1. The summed E-state index contributed by atoms with van der Waals surface area (Å²) in [6.07, 6.45) is 0.823. The molecular weight excluding hydrogens is 282 g/mol. The van der Waals surface area contributed by atoms with Crippen LogP contribution in [-0.4, -0.2) is 24.8 Å². The van der Waals surface area contributed by atoms with Crippen LogP contribution in [0.2, 0.25) is 0 Å². The van der Waals surface area contributed by atoms with E-state index < -0.39 is 0 Å². The number of aromatic amines is 1. The Morgan fingerprint density at radius 2 is 2.00 bits per heavy atom. The third kappa shape index (κ3) is 1.74. The topological polar surface area (TPSA) is 58.9 Å². The Labute approximate surface area is 106 Å². The first-order chi connectivity index (χ1) is 8.28. The number of hydrogen-bond donors (Lipinski definition) is 1. The van der Waals surface area contributed by atoms with Gasteiger partial charge in [0.15, 0.2) is 11.6 Å². The van der Waals surface area contributed by atoms with Crippen molar-refractivity contribution in [1.82, 2.24) is 24.8 Å². The van der Waals surface area contributed by atoms with Gasteiger partial charge in [-0.3, -0.25) is 5.10 Å². The molecule has 2 aromatic heterocycles. The van der Waals surface area contributed by atoms with Crippen LogP contribution in [0.3, 0.4) is 0 Å². The van der Waals surface area contributed by atoms with E-state index in [1.165, 1.54) is 0 Å². The molecule has 0 saturated carbocycles. The maximum absolute atomic E-state index is 4.40. The number of rotatable bonds is 2. The van der Waals surface area contributed by atoms with Crippen LogP contribution in [0, 0.1) is 0 Å². The summed E-state index contributed by atoms with van der Waals surface area (Å²) in [5.41, 5.74) is 1.03. The van der Waals surface area contributed by atoms with Crippen molar-refractivity contribution in [2.24, 2.45) is 0 Å². The van der Waals surface area contributed by atoms with E-state index in [4.69, 9.17) is 0 Å². The van der Waals surface area contributed by atoms with E-state index in [1.54, 1.807) is 0 Å². The zero-order valence-corrected chi connectivity index (χ0v) is 10.8. The second kappa shape index (κ2) is 3.96. The summed E-state index contributed by atoms with van der Waals surface area (Å²) in [5.74, 6) is 2.30. The quantitative estimate of drug-likeness (QED) is 0.789. The Balaban J connectivity index is 2.11. The van der Waals surface area contributed by atoms with Crippen molar-refractivity contribution in [2.75, 3.05) is 0 Å².